The Bertz CT molecular complexity index is 536. The largest absolute Gasteiger partial charge is 0.481 e. The molecule has 1 aliphatic carbocycles. The predicted octanol–water partition coefficient (Wildman–Crippen LogP) is 2.27. The van der Waals surface area contributed by atoms with Crippen molar-refractivity contribution in [3.05, 3.63) is 17.5 Å². The highest BCUT2D eigenvalue weighted by molar-refractivity contribution is 5.92. The fourth-order valence-corrected chi connectivity index (χ4v) is 2.93. The second kappa shape index (κ2) is 5.87. The molecule has 6 heteroatoms. The topological polar surface area (TPSA) is 83.6 Å². The van der Waals surface area contributed by atoms with Crippen LogP contribution in [-0.2, 0) is 4.79 Å². The van der Waals surface area contributed by atoms with Crippen LogP contribution < -0.4 is 0 Å². The van der Waals surface area contributed by atoms with E-state index in [4.69, 9.17) is 9.63 Å². The highest BCUT2D eigenvalue weighted by atomic mass is 16.5. The Kier molecular flexibility index (Phi) is 3.94. The highest BCUT2D eigenvalue weighted by Crippen LogP contribution is 2.40. The third kappa shape index (κ3) is 3.43. The summed E-state index contributed by atoms with van der Waals surface area (Å²) in [5, 5.41) is 12.6. The fraction of sp³-hybridized carbons (Fsp3) is 0.667. The van der Waals surface area contributed by atoms with Crippen molar-refractivity contribution in [1.82, 2.24) is 10.1 Å². The van der Waals surface area contributed by atoms with Crippen LogP contribution in [0, 0.1) is 5.92 Å². The van der Waals surface area contributed by atoms with E-state index in [-0.39, 0.29) is 18.2 Å². The summed E-state index contributed by atoms with van der Waals surface area (Å²) in [6, 6.07) is 1.76. The van der Waals surface area contributed by atoms with Crippen LogP contribution in [0.4, 0.5) is 0 Å². The second-order valence-electron chi connectivity index (χ2n) is 6.08. The van der Waals surface area contributed by atoms with Crippen LogP contribution in [0.1, 0.15) is 60.7 Å². The molecule has 1 aromatic heterocycles. The molecule has 3 rings (SSSR count). The number of aliphatic carboxylic acids is 1. The van der Waals surface area contributed by atoms with Gasteiger partial charge in [0.1, 0.15) is 5.76 Å². The molecule has 1 aliphatic heterocycles. The normalized spacial score (nSPS) is 22.3. The van der Waals surface area contributed by atoms with Gasteiger partial charge < -0.3 is 14.5 Å². The molecule has 0 aromatic carbocycles. The highest BCUT2D eigenvalue weighted by Gasteiger charge is 2.31. The van der Waals surface area contributed by atoms with E-state index in [0.29, 0.717) is 31.1 Å². The molecular weight excluding hydrogens is 272 g/mol. The van der Waals surface area contributed by atoms with Crippen LogP contribution in [0.5, 0.6) is 0 Å². The monoisotopic (exact) mass is 292 g/mol. The zero-order chi connectivity index (χ0) is 14.8. The smallest absolute Gasteiger partial charge is 0.303 e. The number of amides is 1. The molecule has 1 saturated carbocycles. The van der Waals surface area contributed by atoms with Gasteiger partial charge in [-0.2, -0.15) is 0 Å². The Morgan fingerprint density at radius 2 is 2.19 bits per heavy atom. The maximum atomic E-state index is 12.4. The summed E-state index contributed by atoms with van der Waals surface area (Å²) >= 11 is 0. The molecule has 6 nitrogen and oxygen atoms in total. The molecule has 1 N–H and O–H groups in total. The van der Waals surface area contributed by atoms with Crippen molar-refractivity contribution in [3.8, 4) is 0 Å². The van der Waals surface area contributed by atoms with Crippen molar-refractivity contribution < 1.29 is 19.2 Å². The molecule has 1 atom stereocenters. The number of carbonyl (C=O) groups excluding carboxylic acids is 1. The number of rotatable bonds is 5. The lowest BCUT2D eigenvalue weighted by molar-refractivity contribution is -0.137. The molecule has 2 fully saturated rings. The molecule has 114 valence electrons. The van der Waals surface area contributed by atoms with Gasteiger partial charge in [0.15, 0.2) is 5.69 Å². The molecule has 21 heavy (non-hydrogen) atoms. The Balaban J connectivity index is 1.59. The minimum atomic E-state index is -0.774. The van der Waals surface area contributed by atoms with Gasteiger partial charge in [-0.05, 0) is 38.0 Å². The summed E-state index contributed by atoms with van der Waals surface area (Å²) in [4.78, 5) is 24.9. The van der Waals surface area contributed by atoms with Crippen LogP contribution >= 0.6 is 0 Å². The Morgan fingerprint density at radius 1 is 1.38 bits per heavy atom. The van der Waals surface area contributed by atoms with Crippen molar-refractivity contribution in [2.45, 2.75) is 44.4 Å². The zero-order valence-corrected chi connectivity index (χ0v) is 12.0. The number of hydrogen-bond donors (Lipinski definition) is 1. The number of piperidine rings is 1. The summed E-state index contributed by atoms with van der Waals surface area (Å²) in [5.74, 6) is 0.671. The fourth-order valence-electron chi connectivity index (χ4n) is 2.93. The van der Waals surface area contributed by atoms with Crippen molar-refractivity contribution in [2.75, 3.05) is 13.1 Å². The summed E-state index contributed by atoms with van der Waals surface area (Å²) in [5.41, 5.74) is 0.385. The first-order valence-electron chi connectivity index (χ1n) is 7.61. The molecule has 0 bridgehead atoms. The average molecular weight is 292 g/mol. The van der Waals surface area contributed by atoms with Gasteiger partial charge in [0.2, 0.25) is 0 Å². The maximum Gasteiger partial charge on any atom is 0.303 e. The van der Waals surface area contributed by atoms with Crippen LogP contribution in [-0.4, -0.2) is 40.1 Å². The van der Waals surface area contributed by atoms with Gasteiger partial charge in [-0.3, -0.25) is 9.59 Å². The quantitative estimate of drug-likeness (QED) is 0.900. The predicted molar refractivity (Wildman–Crippen MR) is 74.0 cm³/mol. The van der Waals surface area contributed by atoms with Gasteiger partial charge in [-0.25, -0.2) is 0 Å². The summed E-state index contributed by atoms with van der Waals surface area (Å²) in [6.45, 7) is 1.34. The van der Waals surface area contributed by atoms with Crippen LogP contribution in [0.2, 0.25) is 0 Å². The lowest BCUT2D eigenvalue weighted by Gasteiger charge is -2.32. The van der Waals surface area contributed by atoms with Gasteiger partial charge in [-0.1, -0.05) is 5.16 Å². The Morgan fingerprint density at radius 3 is 2.90 bits per heavy atom. The number of aromatic nitrogens is 1. The second-order valence-corrected chi connectivity index (χ2v) is 6.08. The lowest BCUT2D eigenvalue weighted by atomic mass is 9.93. The van der Waals surface area contributed by atoms with Crippen molar-refractivity contribution >= 4 is 11.9 Å². The SMILES string of the molecule is O=C(O)CCC1CCCN(C(=O)c2cc(C3CC3)on2)C1. The molecule has 2 heterocycles. The minimum Gasteiger partial charge on any atom is -0.481 e. The molecule has 1 saturated heterocycles. The first-order valence-corrected chi connectivity index (χ1v) is 7.61. The van der Waals surface area contributed by atoms with E-state index in [9.17, 15) is 9.59 Å². The molecule has 0 spiro atoms. The van der Waals surface area contributed by atoms with Gasteiger partial charge in [0, 0.05) is 31.5 Å². The Hall–Kier alpha value is -1.85. The molecule has 0 radical (unpaired) electrons. The van der Waals surface area contributed by atoms with Gasteiger partial charge in [0.25, 0.3) is 5.91 Å². The number of carbonyl (C=O) groups is 2. The third-order valence-corrected chi connectivity index (χ3v) is 4.30. The molecule has 1 amide bonds. The van der Waals surface area contributed by atoms with Crippen molar-refractivity contribution in [3.63, 3.8) is 0 Å². The van der Waals surface area contributed by atoms with E-state index in [1.165, 1.54) is 0 Å². The van der Waals surface area contributed by atoms with E-state index in [0.717, 1.165) is 31.4 Å². The van der Waals surface area contributed by atoms with Crippen LogP contribution in [0.3, 0.4) is 0 Å². The van der Waals surface area contributed by atoms with E-state index in [1.807, 2.05) is 0 Å². The number of hydrogen-bond acceptors (Lipinski definition) is 4. The summed E-state index contributed by atoms with van der Waals surface area (Å²) in [7, 11) is 0. The van der Waals surface area contributed by atoms with Gasteiger partial charge >= 0.3 is 5.97 Å². The summed E-state index contributed by atoms with van der Waals surface area (Å²) < 4.78 is 5.23. The average Bonchev–Trinajstić information content (AvgIpc) is 3.22. The lowest BCUT2D eigenvalue weighted by Crippen LogP contribution is -2.40. The van der Waals surface area contributed by atoms with E-state index in [2.05, 4.69) is 5.16 Å². The third-order valence-electron chi connectivity index (χ3n) is 4.30. The number of carboxylic acid groups (broad SMARTS) is 1. The Labute approximate surface area is 123 Å². The molecular formula is C15H20N2O4. The molecule has 1 unspecified atom stereocenters. The van der Waals surface area contributed by atoms with Crippen molar-refractivity contribution in [2.24, 2.45) is 5.92 Å². The van der Waals surface area contributed by atoms with E-state index in [1.54, 1.807) is 11.0 Å². The van der Waals surface area contributed by atoms with Gasteiger partial charge in [-0.15, -0.1) is 0 Å². The van der Waals surface area contributed by atoms with Crippen molar-refractivity contribution in [1.29, 1.82) is 0 Å². The first-order chi connectivity index (χ1) is 10.1. The zero-order valence-electron chi connectivity index (χ0n) is 12.0. The molecule has 1 aromatic rings. The maximum absolute atomic E-state index is 12.4. The standard InChI is InChI=1S/C15H20N2O4/c18-14(19)6-3-10-2-1-7-17(9-10)15(20)12-8-13(21-16-12)11-4-5-11/h8,10-11H,1-7,9H2,(H,18,19). The first kappa shape index (κ1) is 14.1. The minimum absolute atomic E-state index is 0.0920. The van der Waals surface area contributed by atoms with E-state index < -0.39 is 5.97 Å². The van der Waals surface area contributed by atoms with Gasteiger partial charge in [0.05, 0.1) is 0 Å². The van der Waals surface area contributed by atoms with Crippen LogP contribution in [0.25, 0.3) is 0 Å². The van der Waals surface area contributed by atoms with E-state index >= 15 is 0 Å². The molecule has 2 aliphatic rings. The number of nitrogens with zero attached hydrogens (tertiary/aromatic N) is 2. The van der Waals surface area contributed by atoms with Crippen LogP contribution in [0.15, 0.2) is 10.6 Å². The number of carboxylic acids is 1. The summed E-state index contributed by atoms with van der Waals surface area (Å²) in [6.07, 6.45) is 4.94. The number of likely N-dealkylation sites (tertiary alicyclic amines) is 1.